The third-order valence-corrected chi connectivity index (χ3v) is 3.97. The summed E-state index contributed by atoms with van der Waals surface area (Å²) in [6.45, 7) is 2.27. The predicted octanol–water partition coefficient (Wildman–Crippen LogP) is 1.25. The van der Waals surface area contributed by atoms with E-state index < -0.39 is 11.4 Å². The first-order chi connectivity index (χ1) is 7.08. The maximum absolute atomic E-state index is 11.4. The van der Waals surface area contributed by atoms with Crippen LogP contribution in [0.3, 0.4) is 0 Å². The summed E-state index contributed by atoms with van der Waals surface area (Å²) in [6, 6.07) is -0.0544. The monoisotopic (exact) mass is 211 g/mol. The minimum Gasteiger partial charge on any atom is -0.481 e. The second-order valence-corrected chi connectivity index (χ2v) is 4.69. The van der Waals surface area contributed by atoms with Gasteiger partial charge in [-0.1, -0.05) is 6.42 Å². The van der Waals surface area contributed by atoms with Crippen molar-refractivity contribution in [3.8, 4) is 0 Å². The van der Waals surface area contributed by atoms with E-state index in [1.165, 1.54) is 6.92 Å². The van der Waals surface area contributed by atoms with Gasteiger partial charge in [0.2, 0.25) is 5.91 Å². The zero-order valence-corrected chi connectivity index (χ0v) is 9.03. The van der Waals surface area contributed by atoms with Crippen LogP contribution in [0.1, 0.15) is 39.0 Å². The van der Waals surface area contributed by atoms with Crippen LogP contribution in [0.15, 0.2) is 0 Å². The lowest BCUT2D eigenvalue weighted by atomic mass is 9.75. The van der Waals surface area contributed by atoms with Crippen LogP contribution in [0.4, 0.5) is 0 Å². The molecule has 0 aromatic heterocycles. The molecule has 1 amide bonds. The van der Waals surface area contributed by atoms with Gasteiger partial charge < -0.3 is 10.0 Å². The number of piperidine rings is 1. The van der Waals surface area contributed by atoms with E-state index >= 15 is 0 Å². The summed E-state index contributed by atoms with van der Waals surface area (Å²) in [5, 5.41) is 9.36. The molecule has 1 N–H and O–H groups in total. The first-order valence-corrected chi connectivity index (χ1v) is 5.58. The van der Waals surface area contributed by atoms with Gasteiger partial charge in [-0.3, -0.25) is 9.59 Å². The molecule has 4 nitrogen and oxygen atoms in total. The largest absolute Gasteiger partial charge is 0.481 e. The van der Waals surface area contributed by atoms with E-state index in [0.29, 0.717) is 0 Å². The first-order valence-electron chi connectivity index (χ1n) is 5.58. The summed E-state index contributed by atoms with van der Waals surface area (Å²) in [6.07, 6.45) is 4.07. The van der Waals surface area contributed by atoms with E-state index in [2.05, 4.69) is 0 Å². The van der Waals surface area contributed by atoms with Gasteiger partial charge >= 0.3 is 5.97 Å². The molecule has 84 valence electrons. The van der Waals surface area contributed by atoms with Crippen LogP contribution in [-0.2, 0) is 9.59 Å². The van der Waals surface area contributed by atoms with Crippen LogP contribution in [0, 0.1) is 5.41 Å². The van der Waals surface area contributed by atoms with Crippen molar-refractivity contribution in [2.75, 3.05) is 6.54 Å². The second kappa shape index (κ2) is 3.51. The molecule has 0 unspecified atom stereocenters. The topological polar surface area (TPSA) is 57.6 Å². The van der Waals surface area contributed by atoms with Crippen LogP contribution in [0.25, 0.3) is 0 Å². The number of hydrogen-bond donors (Lipinski definition) is 1. The number of carbonyl (C=O) groups excluding carboxylic acids is 1. The number of aliphatic carboxylic acids is 1. The highest BCUT2D eigenvalue weighted by Gasteiger charge is 2.53. The number of carbonyl (C=O) groups is 2. The van der Waals surface area contributed by atoms with Gasteiger partial charge in [-0.2, -0.15) is 0 Å². The van der Waals surface area contributed by atoms with E-state index in [9.17, 15) is 14.7 Å². The molecule has 0 aromatic rings. The summed E-state index contributed by atoms with van der Waals surface area (Å²) in [7, 11) is 0. The number of hydrogen-bond acceptors (Lipinski definition) is 2. The number of likely N-dealkylation sites (tertiary alicyclic amines) is 1. The third kappa shape index (κ3) is 1.43. The minimum absolute atomic E-state index is 0.0206. The highest BCUT2D eigenvalue weighted by atomic mass is 16.4. The molecule has 1 heterocycles. The molecule has 2 fully saturated rings. The third-order valence-electron chi connectivity index (χ3n) is 3.97. The van der Waals surface area contributed by atoms with Crippen LogP contribution < -0.4 is 0 Å². The zero-order valence-electron chi connectivity index (χ0n) is 9.03. The Kier molecular flexibility index (Phi) is 2.44. The lowest BCUT2D eigenvalue weighted by molar-refractivity contribution is -0.158. The van der Waals surface area contributed by atoms with Crippen molar-refractivity contribution in [1.82, 2.24) is 4.90 Å². The van der Waals surface area contributed by atoms with Gasteiger partial charge in [0, 0.05) is 19.5 Å². The van der Waals surface area contributed by atoms with E-state index in [4.69, 9.17) is 0 Å². The van der Waals surface area contributed by atoms with Crippen molar-refractivity contribution in [2.45, 2.75) is 45.1 Å². The van der Waals surface area contributed by atoms with Gasteiger partial charge in [-0.25, -0.2) is 0 Å². The van der Waals surface area contributed by atoms with E-state index in [1.807, 2.05) is 0 Å². The van der Waals surface area contributed by atoms with Gasteiger partial charge in [0.05, 0.1) is 5.41 Å². The minimum atomic E-state index is -0.712. The van der Waals surface area contributed by atoms with Crippen LogP contribution in [-0.4, -0.2) is 34.5 Å². The number of nitrogens with zero attached hydrogens (tertiary/aromatic N) is 1. The quantitative estimate of drug-likeness (QED) is 0.710. The lowest BCUT2D eigenvalue weighted by Gasteiger charge is -2.43. The van der Waals surface area contributed by atoms with Crippen molar-refractivity contribution in [2.24, 2.45) is 5.41 Å². The fourth-order valence-electron chi connectivity index (χ4n) is 3.25. The van der Waals surface area contributed by atoms with E-state index in [0.717, 1.165) is 38.6 Å². The highest BCUT2D eigenvalue weighted by Crippen LogP contribution is 2.47. The number of fused-ring (bicyclic) bond motifs is 1. The van der Waals surface area contributed by atoms with Crippen molar-refractivity contribution in [3.63, 3.8) is 0 Å². The Morgan fingerprint density at radius 3 is 2.60 bits per heavy atom. The van der Waals surface area contributed by atoms with Gasteiger partial charge in [-0.05, 0) is 25.7 Å². The molecule has 1 aliphatic carbocycles. The molecule has 0 radical (unpaired) electrons. The molecule has 1 saturated carbocycles. The molecule has 15 heavy (non-hydrogen) atoms. The SMILES string of the molecule is CC(=O)N1CCC[C@]2(C(=O)O)CCC[C@H]12. The number of carboxylic acids is 1. The average Bonchev–Trinajstić information content (AvgIpc) is 2.61. The summed E-state index contributed by atoms with van der Waals surface area (Å²) in [5.41, 5.74) is -0.635. The Balaban J connectivity index is 2.30. The molecule has 0 aromatic carbocycles. The number of amides is 1. The normalized spacial score (nSPS) is 35.0. The Hall–Kier alpha value is -1.06. The molecule has 0 bridgehead atoms. The summed E-state index contributed by atoms with van der Waals surface area (Å²) in [4.78, 5) is 24.6. The Labute approximate surface area is 89.3 Å². The molecular formula is C11H17NO3. The van der Waals surface area contributed by atoms with E-state index in [1.54, 1.807) is 4.90 Å². The van der Waals surface area contributed by atoms with Crippen molar-refractivity contribution in [1.29, 1.82) is 0 Å². The molecular weight excluding hydrogens is 194 g/mol. The second-order valence-electron chi connectivity index (χ2n) is 4.69. The molecule has 2 atom stereocenters. The molecule has 2 rings (SSSR count). The molecule has 1 aliphatic heterocycles. The van der Waals surface area contributed by atoms with Crippen molar-refractivity contribution in [3.05, 3.63) is 0 Å². The standard InChI is InChI=1S/C11H17NO3/c1-8(13)12-7-3-6-11(10(14)15)5-2-4-9(11)12/h9H,2-7H2,1H3,(H,14,15)/t9-,11+/m0/s1. The van der Waals surface area contributed by atoms with Crippen LogP contribution in [0.2, 0.25) is 0 Å². The molecule has 2 aliphatic rings. The fraction of sp³-hybridized carbons (Fsp3) is 0.818. The molecule has 1 saturated heterocycles. The Bertz CT molecular complexity index is 302. The van der Waals surface area contributed by atoms with Gasteiger partial charge in [-0.15, -0.1) is 0 Å². The molecule has 0 spiro atoms. The lowest BCUT2D eigenvalue weighted by Crippen LogP contribution is -2.54. The smallest absolute Gasteiger partial charge is 0.311 e. The van der Waals surface area contributed by atoms with Crippen molar-refractivity contribution < 1.29 is 14.7 Å². The van der Waals surface area contributed by atoms with Crippen LogP contribution >= 0.6 is 0 Å². The summed E-state index contributed by atoms with van der Waals surface area (Å²) in [5.74, 6) is -0.692. The highest BCUT2D eigenvalue weighted by molar-refractivity contribution is 5.80. The first kappa shape index (κ1) is 10.5. The zero-order chi connectivity index (χ0) is 11.1. The maximum Gasteiger partial charge on any atom is 0.311 e. The predicted molar refractivity (Wildman–Crippen MR) is 54.3 cm³/mol. The van der Waals surface area contributed by atoms with Gasteiger partial charge in [0.1, 0.15) is 0 Å². The average molecular weight is 211 g/mol. The van der Waals surface area contributed by atoms with Crippen molar-refractivity contribution >= 4 is 11.9 Å². The van der Waals surface area contributed by atoms with E-state index in [-0.39, 0.29) is 11.9 Å². The fourth-order valence-corrected chi connectivity index (χ4v) is 3.25. The maximum atomic E-state index is 11.4. The summed E-state index contributed by atoms with van der Waals surface area (Å²) < 4.78 is 0. The Morgan fingerprint density at radius 2 is 2.00 bits per heavy atom. The Morgan fingerprint density at radius 1 is 1.33 bits per heavy atom. The van der Waals surface area contributed by atoms with Gasteiger partial charge in [0.15, 0.2) is 0 Å². The molecule has 4 heteroatoms. The number of rotatable bonds is 1. The number of carboxylic acid groups (broad SMARTS) is 1. The van der Waals surface area contributed by atoms with Crippen LogP contribution in [0.5, 0.6) is 0 Å². The van der Waals surface area contributed by atoms with Gasteiger partial charge in [0.25, 0.3) is 0 Å². The summed E-state index contributed by atoms with van der Waals surface area (Å²) >= 11 is 0.